The molecule has 1 spiro atoms. The lowest BCUT2D eigenvalue weighted by atomic mass is 9.78. The molecule has 0 unspecified atom stereocenters. The summed E-state index contributed by atoms with van der Waals surface area (Å²) in [6.45, 7) is 10.2. The van der Waals surface area contributed by atoms with Crippen LogP contribution in [0.15, 0.2) is 41.8 Å². The molecule has 2 fully saturated rings. The maximum absolute atomic E-state index is 14.0. The van der Waals surface area contributed by atoms with E-state index in [2.05, 4.69) is 11.9 Å². The second-order valence-corrected chi connectivity index (χ2v) is 12.2. The Bertz CT molecular complexity index is 1260. The van der Waals surface area contributed by atoms with Crippen LogP contribution in [0.1, 0.15) is 89.0 Å². The van der Waals surface area contributed by atoms with Crippen LogP contribution in [0.2, 0.25) is 0 Å². The van der Waals surface area contributed by atoms with Gasteiger partial charge in [0.2, 0.25) is 5.91 Å². The van der Waals surface area contributed by atoms with Crippen LogP contribution < -0.4 is 11.1 Å². The zero-order valence-corrected chi connectivity index (χ0v) is 25.0. The summed E-state index contributed by atoms with van der Waals surface area (Å²) >= 11 is 0. The van der Waals surface area contributed by atoms with E-state index in [9.17, 15) is 40.3 Å². The van der Waals surface area contributed by atoms with Gasteiger partial charge in [-0.2, -0.15) is 26.3 Å². The number of halogens is 7. The van der Waals surface area contributed by atoms with Crippen LogP contribution >= 0.6 is 0 Å². The number of carbonyl (C=O) groups excluding carboxylic acids is 2. The number of rotatable bonds is 7. The van der Waals surface area contributed by atoms with Crippen molar-refractivity contribution in [1.82, 2.24) is 15.1 Å². The first kappa shape index (κ1) is 34.4. The standard InChI is InChI=1S/C30H39F7N4O2/c1-17(2)23(8-7-18(3)31)24-16-28(10-9-27(5,39-28)25(38)42)11-12-41(24)26(43)40(6)19(4)20-13-21(29(32,33)34)15-22(14-20)30(35,36)37/h13-15,19,24,39H,3,7-12,16H2,1-2,4-6H3,(H2,38,42)/t19-,24-,27-,28+/m1/s1. The lowest BCUT2D eigenvalue weighted by Gasteiger charge is -2.48. The SMILES string of the molecule is C=C(F)CCC(=C(C)C)[C@H]1C[C@@]2(CCN1C(=O)N(C)[C@H](C)c1cc(C(F)(F)F)cc(C(F)(F)F)c1)CC[C@](C)(C(N)=O)N2. The van der Waals surface area contributed by atoms with Crippen molar-refractivity contribution in [3.8, 4) is 0 Å². The van der Waals surface area contributed by atoms with Crippen LogP contribution in [0, 0.1) is 0 Å². The molecule has 0 aliphatic carbocycles. The number of likely N-dealkylation sites (tertiary alicyclic amines) is 1. The predicted octanol–water partition coefficient (Wildman–Crippen LogP) is 7.27. The molecule has 4 atom stereocenters. The van der Waals surface area contributed by atoms with Gasteiger partial charge in [0.1, 0.15) is 0 Å². The number of alkyl halides is 6. The fourth-order valence-corrected chi connectivity index (χ4v) is 6.17. The van der Waals surface area contributed by atoms with Crippen LogP contribution in [0.3, 0.4) is 0 Å². The van der Waals surface area contributed by atoms with Gasteiger partial charge in [0.25, 0.3) is 0 Å². The average molecular weight is 621 g/mol. The third-order valence-electron chi connectivity index (χ3n) is 8.91. The second kappa shape index (κ2) is 12.1. The minimum atomic E-state index is -5.03. The number of nitrogens with two attached hydrogens (primary N) is 1. The van der Waals surface area contributed by atoms with E-state index in [-0.39, 0.29) is 31.0 Å². The van der Waals surface area contributed by atoms with Crippen molar-refractivity contribution in [1.29, 1.82) is 0 Å². The molecule has 6 nitrogen and oxygen atoms in total. The van der Waals surface area contributed by atoms with Crippen molar-refractivity contribution in [3.63, 3.8) is 0 Å². The first-order valence-electron chi connectivity index (χ1n) is 14.0. The van der Waals surface area contributed by atoms with Gasteiger partial charge >= 0.3 is 18.4 Å². The Kier molecular flexibility index (Phi) is 9.70. The molecule has 0 aromatic heterocycles. The van der Waals surface area contributed by atoms with Crippen LogP contribution in [0.25, 0.3) is 0 Å². The number of benzene rings is 1. The van der Waals surface area contributed by atoms with Gasteiger partial charge in [0, 0.05) is 25.6 Å². The fourth-order valence-electron chi connectivity index (χ4n) is 6.17. The molecular weight excluding hydrogens is 581 g/mol. The fraction of sp³-hybridized carbons (Fsp3) is 0.600. The Hall–Kier alpha value is -3.09. The summed E-state index contributed by atoms with van der Waals surface area (Å²) in [5.41, 5.74) is 2.47. The Morgan fingerprint density at radius 3 is 2.07 bits per heavy atom. The summed E-state index contributed by atoms with van der Waals surface area (Å²) in [5, 5.41) is 3.40. The summed E-state index contributed by atoms with van der Waals surface area (Å²) in [7, 11) is 1.32. The molecule has 240 valence electrons. The second-order valence-electron chi connectivity index (χ2n) is 12.2. The molecule has 1 aromatic carbocycles. The van der Waals surface area contributed by atoms with Gasteiger partial charge in [-0.1, -0.05) is 12.2 Å². The number of carbonyl (C=O) groups is 2. The number of hydrogen-bond acceptors (Lipinski definition) is 3. The van der Waals surface area contributed by atoms with Gasteiger partial charge in [0.05, 0.1) is 34.6 Å². The Morgan fingerprint density at radius 2 is 1.63 bits per heavy atom. The molecule has 1 aromatic rings. The van der Waals surface area contributed by atoms with Gasteiger partial charge in [-0.25, -0.2) is 9.18 Å². The van der Waals surface area contributed by atoms with Gasteiger partial charge in [-0.3, -0.25) is 10.1 Å². The topological polar surface area (TPSA) is 78.7 Å². The average Bonchev–Trinajstić information content (AvgIpc) is 3.23. The predicted molar refractivity (Wildman–Crippen MR) is 148 cm³/mol. The molecular formula is C30H39F7N4O2. The smallest absolute Gasteiger partial charge is 0.368 e. The Labute approximate surface area is 247 Å². The number of piperidine rings is 1. The molecule has 3 amide bonds. The summed E-state index contributed by atoms with van der Waals surface area (Å²) in [6.07, 6.45) is -7.96. The van der Waals surface area contributed by atoms with E-state index in [0.717, 1.165) is 16.0 Å². The highest BCUT2D eigenvalue weighted by molar-refractivity contribution is 5.84. The highest BCUT2D eigenvalue weighted by Crippen LogP contribution is 2.44. The first-order valence-corrected chi connectivity index (χ1v) is 14.0. The molecule has 2 saturated heterocycles. The quantitative estimate of drug-likeness (QED) is 0.249. The van der Waals surface area contributed by atoms with Crippen molar-refractivity contribution >= 4 is 11.9 Å². The molecule has 0 saturated carbocycles. The van der Waals surface area contributed by atoms with Crippen LogP contribution in [0.4, 0.5) is 35.5 Å². The lowest BCUT2D eigenvalue weighted by molar-refractivity contribution is -0.143. The number of urea groups is 1. The lowest BCUT2D eigenvalue weighted by Crippen LogP contribution is -2.62. The van der Waals surface area contributed by atoms with E-state index in [1.54, 1.807) is 6.92 Å². The van der Waals surface area contributed by atoms with Gasteiger partial charge in [0.15, 0.2) is 0 Å². The third kappa shape index (κ3) is 7.53. The zero-order chi connectivity index (χ0) is 32.7. The van der Waals surface area contributed by atoms with Gasteiger partial charge in [-0.15, -0.1) is 0 Å². The van der Waals surface area contributed by atoms with Crippen molar-refractivity contribution in [2.75, 3.05) is 13.6 Å². The highest BCUT2D eigenvalue weighted by Gasteiger charge is 2.52. The van der Waals surface area contributed by atoms with Crippen molar-refractivity contribution < 1.29 is 40.3 Å². The number of amides is 3. The summed E-state index contributed by atoms with van der Waals surface area (Å²) in [5.74, 6) is -1.05. The van der Waals surface area contributed by atoms with Crippen molar-refractivity contribution in [2.45, 2.75) is 102 Å². The maximum Gasteiger partial charge on any atom is 0.416 e. The first-order chi connectivity index (χ1) is 19.6. The molecule has 13 heteroatoms. The largest absolute Gasteiger partial charge is 0.416 e. The van der Waals surface area contributed by atoms with E-state index >= 15 is 0 Å². The van der Waals surface area contributed by atoms with E-state index in [1.165, 1.54) is 18.9 Å². The molecule has 2 aliphatic heterocycles. The highest BCUT2D eigenvalue weighted by atomic mass is 19.4. The van der Waals surface area contributed by atoms with Crippen molar-refractivity contribution in [2.24, 2.45) is 5.73 Å². The third-order valence-corrected chi connectivity index (χ3v) is 8.91. The normalized spacial score (nSPS) is 25.0. The van der Waals surface area contributed by atoms with Gasteiger partial charge < -0.3 is 15.5 Å². The zero-order valence-electron chi connectivity index (χ0n) is 25.0. The minimum Gasteiger partial charge on any atom is -0.368 e. The van der Waals surface area contributed by atoms with E-state index in [1.807, 2.05) is 13.8 Å². The number of primary amides is 1. The monoisotopic (exact) mass is 620 g/mol. The summed E-state index contributed by atoms with van der Waals surface area (Å²) in [6, 6.07) is -1.06. The summed E-state index contributed by atoms with van der Waals surface area (Å²) < 4.78 is 94.9. The molecule has 43 heavy (non-hydrogen) atoms. The summed E-state index contributed by atoms with van der Waals surface area (Å²) in [4.78, 5) is 28.8. The number of nitrogens with zero attached hydrogens (tertiary/aromatic N) is 2. The number of allylic oxidation sites excluding steroid dienone is 2. The number of nitrogens with one attached hydrogen (secondary N) is 1. The number of hydrogen-bond donors (Lipinski definition) is 2. The van der Waals surface area contributed by atoms with Crippen LogP contribution in [-0.4, -0.2) is 52.5 Å². The van der Waals surface area contributed by atoms with E-state index in [4.69, 9.17) is 5.73 Å². The maximum atomic E-state index is 14.0. The van der Waals surface area contributed by atoms with E-state index < -0.39 is 64.4 Å². The molecule has 0 radical (unpaired) electrons. The van der Waals surface area contributed by atoms with E-state index in [0.29, 0.717) is 37.8 Å². The molecule has 3 rings (SSSR count). The Morgan fingerprint density at radius 1 is 1.07 bits per heavy atom. The van der Waals surface area contributed by atoms with Crippen LogP contribution in [0.5, 0.6) is 0 Å². The molecule has 3 N–H and O–H groups in total. The van der Waals surface area contributed by atoms with Crippen LogP contribution in [-0.2, 0) is 17.1 Å². The Balaban J connectivity index is 2.00. The van der Waals surface area contributed by atoms with Crippen molar-refractivity contribution in [3.05, 3.63) is 58.4 Å². The van der Waals surface area contributed by atoms with Gasteiger partial charge in [-0.05, 0) is 89.1 Å². The molecule has 2 heterocycles. The molecule has 2 aliphatic rings. The minimum absolute atomic E-state index is 0.00910. The molecule has 0 bridgehead atoms.